The van der Waals surface area contributed by atoms with E-state index in [-0.39, 0.29) is 12.8 Å². The van der Waals surface area contributed by atoms with Crippen LogP contribution in [0.4, 0.5) is 13.2 Å². The molecule has 0 aromatic rings. The van der Waals surface area contributed by atoms with Crippen LogP contribution in [-0.2, 0) is 9.53 Å². The Balaban J connectivity index is 3.59. The molecule has 1 atom stereocenters. The summed E-state index contributed by atoms with van der Waals surface area (Å²) in [6, 6.07) is -0.952. The maximum atomic E-state index is 11.6. The molecule has 2 N–H and O–H groups in total. The Bertz CT molecular complexity index is 170. The van der Waals surface area contributed by atoms with E-state index in [2.05, 4.69) is 4.74 Å². The highest BCUT2D eigenvalue weighted by Gasteiger charge is 2.27. The predicted molar refractivity (Wildman–Crippen MR) is 39.9 cm³/mol. The highest BCUT2D eigenvalue weighted by atomic mass is 19.4. The maximum absolute atomic E-state index is 11.6. The van der Waals surface area contributed by atoms with Crippen LogP contribution < -0.4 is 5.73 Å². The SMILES string of the molecule is COC(=O)[C@@H](N)CCCC(F)(F)F. The van der Waals surface area contributed by atoms with Gasteiger partial charge in [-0.2, -0.15) is 13.2 Å². The van der Waals surface area contributed by atoms with Gasteiger partial charge in [-0.3, -0.25) is 4.79 Å². The number of rotatable bonds is 4. The van der Waals surface area contributed by atoms with Gasteiger partial charge in [-0.15, -0.1) is 0 Å². The topological polar surface area (TPSA) is 52.3 Å². The number of methoxy groups -OCH3 is 1. The van der Waals surface area contributed by atoms with Gasteiger partial charge in [-0.05, 0) is 12.8 Å². The summed E-state index contributed by atoms with van der Waals surface area (Å²) in [6.07, 6.45) is -5.26. The van der Waals surface area contributed by atoms with E-state index in [9.17, 15) is 18.0 Å². The molecule has 3 nitrogen and oxygen atoms in total. The molecule has 0 aliphatic heterocycles. The van der Waals surface area contributed by atoms with E-state index >= 15 is 0 Å². The van der Waals surface area contributed by atoms with Gasteiger partial charge in [0.25, 0.3) is 0 Å². The van der Waals surface area contributed by atoms with E-state index in [0.717, 1.165) is 7.11 Å². The fourth-order valence-corrected chi connectivity index (χ4v) is 0.792. The van der Waals surface area contributed by atoms with Crippen molar-refractivity contribution in [2.45, 2.75) is 31.5 Å². The van der Waals surface area contributed by atoms with Crippen LogP contribution in [0.15, 0.2) is 0 Å². The lowest BCUT2D eigenvalue weighted by molar-refractivity contribution is -0.144. The van der Waals surface area contributed by atoms with Crippen molar-refractivity contribution in [1.82, 2.24) is 0 Å². The van der Waals surface area contributed by atoms with Crippen molar-refractivity contribution in [3.8, 4) is 0 Å². The van der Waals surface area contributed by atoms with Gasteiger partial charge in [0, 0.05) is 6.42 Å². The summed E-state index contributed by atoms with van der Waals surface area (Å²) in [7, 11) is 1.14. The number of carbonyl (C=O) groups is 1. The number of alkyl halides is 3. The van der Waals surface area contributed by atoms with Gasteiger partial charge < -0.3 is 10.5 Å². The molecule has 0 saturated carbocycles. The summed E-state index contributed by atoms with van der Waals surface area (Å²) >= 11 is 0. The first-order valence-electron chi connectivity index (χ1n) is 3.77. The molecule has 0 bridgehead atoms. The zero-order chi connectivity index (χ0) is 10.5. The standard InChI is InChI=1S/C7H12F3NO2/c1-13-6(12)5(11)3-2-4-7(8,9)10/h5H,2-4,11H2,1H3/t5-/m0/s1. The molecule has 0 aromatic heterocycles. The van der Waals surface area contributed by atoms with Crippen molar-refractivity contribution < 1.29 is 22.7 Å². The lowest BCUT2D eigenvalue weighted by Gasteiger charge is -2.09. The molecule has 6 heteroatoms. The lowest BCUT2D eigenvalue weighted by atomic mass is 10.1. The third kappa shape index (κ3) is 6.39. The molecule has 0 amide bonds. The smallest absolute Gasteiger partial charge is 0.389 e. The quantitative estimate of drug-likeness (QED) is 0.692. The Hall–Kier alpha value is -0.780. The number of hydrogen-bond donors (Lipinski definition) is 1. The largest absolute Gasteiger partial charge is 0.468 e. The number of carbonyl (C=O) groups excluding carboxylic acids is 1. The predicted octanol–water partition coefficient (Wildman–Crippen LogP) is 1.22. The summed E-state index contributed by atoms with van der Waals surface area (Å²) in [4.78, 5) is 10.6. The summed E-state index contributed by atoms with van der Waals surface area (Å²) in [5, 5.41) is 0. The van der Waals surface area contributed by atoms with Gasteiger partial charge in [-0.1, -0.05) is 0 Å². The second-order valence-electron chi connectivity index (χ2n) is 2.64. The average molecular weight is 199 g/mol. The maximum Gasteiger partial charge on any atom is 0.389 e. The van der Waals surface area contributed by atoms with E-state index in [0.29, 0.717) is 0 Å². The number of halogens is 3. The zero-order valence-electron chi connectivity index (χ0n) is 7.23. The minimum atomic E-state index is -4.18. The summed E-state index contributed by atoms with van der Waals surface area (Å²) in [6.45, 7) is 0. The van der Waals surface area contributed by atoms with E-state index in [1.165, 1.54) is 0 Å². The molecule has 0 spiro atoms. The van der Waals surface area contributed by atoms with Crippen LogP contribution in [0, 0.1) is 0 Å². The van der Waals surface area contributed by atoms with E-state index in [1.807, 2.05) is 0 Å². The molecule has 0 fully saturated rings. The highest BCUT2D eigenvalue weighted by Crippen LogP contribution is 2.22. The van der Waals surface area contributed by atoms with E-state index in [1.54, 1.807) is 0 Å². The normalized spacial score (nSPS) is 13.9. The molecule has 0 radical (unpaired) electrons. The summed E-state index contributed by atoms with van der Waals surface area (Å²) in [5.74, 6) is -0.679. The molecule has 78 valence electrons. The Morgan fingerprint density at radius 1 is 1.54 bits per heavy atom. The van der Waals surface area contributed by atoms with Gasteiger partial charge in [-0.25, -0.2) is 0 Å². The Labute approximate surface area is 74.0 Å². The Morgan fingerprint density at radius 2 is 2.08 bits per heavy atom. The van der Waals surface area contributed by atoms with Gasteiger partial charge in [0.15, 0.2) is 0 Å². The minimum absolute atomic E-state index is 0.00775. The summed E-state index contributed by atoms with van der Waals surface area (Å²) in [5.41, 5.74) is 5.22. The molecular formula is C7H12F3NO2. The van der Waals surface area contributed by atoms with E-state index in [4.69, 9.17) is 5.73 Å². The fourth-order valence-electron chi connectivity index (χ4n) is 0.792. The van der Waals surface area contributed by atoms with Gasteiger partial charge in [0.05, 0.1) is 7.11 Å². The number of hydrogen-bond acceptors (Lipinski definition) is 3. The van der Waals surface area contributed by atoms with Crippen molar-refractivity contribution in [3.63, 3.8) is 0 Å². The fraction of sp³-hybridized carbons (Fsp3) is 0.857. The average Bonchev–Trinajstić information content (AvgIpc) is 2.00. The number of nitrogens with two attached hydrogens (primary N) is 1. The second-order valence-corrected chi connectivity index (χ2v) is 2.64. The highest BCUT2D eigenvalue weighted by molar-refractivity contribution is 5.75. The molecule has 13 heavy (non-hydrogen) atoms. The van der Waals surface area contributed by atoms with Crippen molar-refractivity contribution in [3.05, 3.63) is 0 Å². The molecule has 0 aliphatic carbocycles. The molecule has 0 heterocycles. The number of ether oxygens (including phenoxy) is 1. The van der Waals surface area contributed by atoms with Gasteiger partial charge >= 0.3 is 12.1 Å². The third-order valence-corrected chi connectivity index (χ3v) is 1.48. The van der Waals surface area contributed by atoms with Crippen LogP contribution in [0.3, 0.4) is 0 Å². The monoisotopic (exact) mass is 199 g/mol. The molecule has 0 saturated heterocycles. The zero-order valence-corrected chi connectivity index (χ0v) is 7.23. The first-order chi connectivity index (χ1) is 5.87. The van der Waals surface area contributed by atoms with Crippen molar-refractivity contribution >= 4 is 5.97 Å². The van der Waals surface area contributed by atoms with Gasteiger partial charge in [0.2, 0.25) is 0 Å². The lowest BCUT2D eigenvalue weighted by Crippen LogP contribution is -2.31. The summed E-state index contributed by atoms with van der Waals surface area (Å²) < 4.78 is 39.1. The first kappa shape index (κ1) is 12.2. The van der Waals surface area contributed by atoms with Crippen molar-refractivity contribution in [2.75, 3.05) is 7.11 Å². The Morgan fingerprint density at radius 3 is 2.46 bits per heavy atom. The van der Waals surface area contributed by atoms with Crippen LogP contribution in [0.1, 0.15) is 19.3 Å². The number of esters is 1. The minimum Gasteiger partial charge on any atom is -0.468 e. The molecule has 0 aromatic carbocycles. The van der Waals surface area contributed by atoms with Crippen LogP contribution >= 0.6 is 0 Å². The Kier molecular flexibility index (Phi) is 4.76. The van der Waals surface area contributed by atoms with Crippen LogP contribution in [0.5, 0.6) is 0 Å². The van der Waals surface area contributed by atoms with E-state index < -0.39 is 24.6 Å². The molecule has 0 rings (SSSR count). The first-order valence-corrected chi connectivity index (χ1v) is 3.77. The van der Waals surface area contributed by atoms with Crippen molar-refractivity contribution in [2.24, 2.45) is 5.73 Å². The van der Waals surface area contributed by atoms with Crippen LogP contribution in [0.2, 0.25) is 0 Å². The van der Waals surface area contributed by atoms with Crippen molar-refractivity contribution in [1.29, 1.82) is 0 Å². The van der Waals surface area contributed by atoms with Crippen LogP contribution in [0.25, 0.3) is 0 Å². The van der Waals surface area contributed by atoms with Crippen LogP contribution in [-0.4, -0.2) is 25.3 Å². The molecule has 0 aliphatic rings. The molecular weight excluding hydrogens is 187 g/mol. The third-order valence-electron chi connectivity index (χ3n) is 1.48. The second kappa shape index (κ2) is 5.06. The molecule has 0 unspecified atom stereocenters. The van der Waals surface area contributed by atoms with Gasteiger partial charge in [0.1, 0.15) is 6.04 Å².